The Morgan fingerprint density at radius 3 is 2.08 bits per heavy atom. The summed E-state index contributed by atoms with van der Waals surface area (Å²) in [5.41, 5.74) is 6.06. The standard InChI is InChI=1S/C17H16ClNO4S/c18-11-15(20)16(10-12-4-2-1-3-5-12)24(22,23)14-8-6-13(7-9-14)17(19)21/h1-9,16H,10-11H2,(H2,19,21). The Hall–Kier alpha value is -2.18. The highest BCUT2D eigenvalue weighted by Gasteiger charge is 2.33. The maximum atomic E-state index is 12.8. The molecule has 0 fully saturated rings. The molecule has 1 unspecified atom stereocenters. The largest absolute Gasteiger partial charge is 0.366 e. The van der Waals surface area contributed by atoms with E-state index in [1.807, 2.05) is 0 Å². The van der Waals surface area contributed by atoms with E-state index in [2.05, 4.69) is 0 Å². The number of carbonyl (C=O) groups excluding carboxylic acids is 2. The summed E-state index contributed by atoms with van der Waals surface area (Å²) in [6.07, 6.45) is 0.0340. The minimum Gasteiger partial charge on any atom is -0.366 e. The first-order chi connectivity index (χ1) is 11.4. The topological polar surface area (TPSA) is 94.3 Å². The number of ketones is 1. The molecule has 0 aliphatic heterocycles. The van der Waals surface area contributed by atoms with Crippen LogP contribution >= 0.6 is 11.6 Å². The van der Waals surface area contributed by atoms with Gasteiger partial charge in [0.2, 0.25) is 5.91 Å². The van der Waals surface area contributed by atoms with Crippen molar-refractivity contribution in [3.63, 3.8) is 0 Å². The third kappa shape index (κ3) is 4.01. The van der Waals surface area contributed by atoms with Crippen LogP contribution in [-0.2, 0) is 21.1 Å². The molecule has 0 bridgehead atoms. The molecular formula is C17H16ClNO4S. The van der Waals surface area contributed by atoms with Crippen LogP contribution in [0.4, 0.5) is 0 Å². The van der Waals surface area contributed by atoms with E-state index in [-0.39, 0.29) is 16.9 Å². The van der Waals surface area contributed by atoms with E-state index < -0.39 is 32.7 Å². The van der Waals surface area contributed by atoms with Gasteiger partial charge in [-0.25, -0.2) is 8.42 Å². The fourth-order valence-electron chi connectivity index (χ4n) is 2.28. The van der Waals surface area contributed by atoms with Gasteiger partial charge in [0.05, 0.1) is 10.8 Å². The first-order valence-electron chi connectivity index (χ1n) is 7.12. The molecule has 126 valence electrons. The number of sulfone groups is 1. The van der Waals surface area contributed by atoms with Crippen LogP contribution in [-0.4, -0.2) is 31.2 Å². The third-order valence-electron chi connectivity index (χ3n) is 3.60. The molecule has 2 aromatic carbocycles. The summed E-state index contributed by atoms with van der Waals surface area (Å²) in [6.45, 7) is 0. The summed E-state index contributed by atoms with van der Waals surface area (Å²) >= 11 is 5.60. The van der Waals surface area contributed by atoms with Crippen LogP contribution < -0.4 is 5.73 Å². The number of hydrogen-bond donors (Lipinski definition) is 1. The number of benzene rings is 2. The summed E-state index contributed by atoms with van der Waals surface area (Å²) < 4.78 is 25.6. The highest BCUT2D eigenvalue weighted by molar-refractivity contribution is 7.92. The second kappa shape index (κ2) is 7.59. The maximum Gasteiger partial charge on any atom is 0.248 e. The molecule has 7 heteroatoms. The van der Waals surface area contributed by atoms with Crippen molar-refractivity contribution in [3.8, 4) is 0 Å². The van der Waals surface area contributed by atoms with E-state index in [4.69, 9.17) is 17.3 Å². The monoisotopic (exact) mass is 365 g/mol. The van der Waals surface area contributed by atoms with Gasteiger partial charge in [0.25, 0.3) is 0 Å². The fourth-order valence-corrected chi connectivity index (χ4v) is 4.25. The van der Waals surface area contributed by atoms with Crippen molar-refractivity contribution in [2.75, 3.05) is 5.88 Å². The first-order valence-corrected chi connectivity index (χ1v) is 9.20. The highest BCUT2D eigenvalue weighted by Crippen LogP contribution is 2.21. The van der Waals surface area contributed by atoms with Crippen molar-refractivity contribution >= 4 is 33.1 Å². The van der Waals surface area contributed by atoms with Crippen molar-refractivity contribution in [2.24, 2.45) is 5.73 Å². The number of halogens is 1. The summed E-state index contributed by atoms with van der Waals surface area (Å²) in [7, 11) is -3.94. The number of hydrogen-bond acceptors (Lipinski definition) is 4. The molecule has 0 aromatic heterocycles. The number of Topliss-reactive ketones (excluding diaryl/α,β-unsaturated/α-hetero) is 1. The van der Waals surface area contributed by atoms with E-state index in [0.717, 1.165) is 5.56 Å². The predicted octanol–water partition coefficient (Wildman–Crippen LogP) is 1.98. The Kier molecular flexibility index (Phi) is 5.75. The number of nitrogens with two attached hydrogens (primary N) is 1. The molecular weight excluding hydrogens is 350 g/mol. The van der Waals surface area contributed by atoms with Gasteiger partial charge in [-0.15, -0.1) is 11.6 Å². The van der Waals surface area contributed by atoms with E-state index in [1.54, 1.807) is 30.3 Å². The van der Waals surface area contributed by atoms with Crippen LogP contribution in [0.1, 0.15) is 15.9 Å². The van der Waals surface area contributed by atoms with E-state index >= 15 is 0 Å². The Bertz CT molecular complexity index is 833. The number of primary amides is 1. The van der Waals surface area contributed by atoms with Crippen LogP contribution in [0.25, 0.3) is 0 Å². The highest BCUT2D eigenvalue weighted by atomic mass is 35.5. The lowest BCUT2D eigenvalue weighted by atomic mass is 10.1. The van der Waals surface area contributed by atoms with Gasteiger partial charge < -0.3 is 5.73 Å². The molecule has 0 heterocycles. The molecule has 2 aromatic rings. The molecule has 1 amide bonds. The van der Waals surface area contributed by atoms with Gasteiger partial charge in [0.1, 0.15) is 5.25 Å². The lowest BCUT2D eigenvalue weighted by Crippen LogP contribution is -2.33. The van der Waals surface area contributed by atoms with Crippen molar-refractivity contribution in [1.29, 1.82) is 0 Å². The molecule has 2 N–H and O–H groups in total. The van der Waals surface area contributed by atoms with Gasteiger partial charge in [-0.05, 0) is 36.2 Å². The number of amides is 1. The summed E-state index contributed by atoms with van der Waals surface area (Å²) in [6, 6.07) is 14.0. The Morgan fingerprint density at radius 2 is 1.58 bits per heavy atom. The summed E-state index contributed by atoms with van der Waals surface area (Å²) in [4.78, 5) is 23.2. The van der Waals surface area contributed by atoms with Gasteiger partial charge in [0.15, 0.2) is 15.6 Å². The van der Waals surface area contributed by atoms with E-state index in [1.165, 1.54) is 24.3 Å². The van der Waals surface area contributed by atoms with E-state index in [0.29, 0.717) is 0 Å². The Morgan fingerprint density at radius 1 is 1.00 bits per heavy atom. The van der Waals surface area contributed by atoms with Crippen molar-refractivity contribution in [3.05, 3.63) is 65.7 Å². The van der Waals surface area contributed by atoms with Crippen LogP contribution in [0.5, 0.6) is 0 Å². The quantitative estimate of drug-likeness (QED) is 0.759. The minimum absolute atomic E-state index is 0.0340. The summed E-state index contributed by atoms with van der Waals surface area (Å²) in [5.74, 6) is -1.62. The van der Waals surface area contributed by atoms with Crippen LogP contribution in [0.3, 0.4) is 0 Å². The molecule has 0 saturated heterocycles. The van der Waals surface area contributed by atoms with Crippen LogP contribution in [0.15, 0.2) is 59.5 Å². The van der Waals surface area contributed by atoms with Crippen LogP contribution in [0, 0.1) is 0 Å². The smallest absolute Gasteiger partial charge is 0.248 e. The zero-order chi connectivity index (χ0) is 17.7. The molecule has 0 aliphatic carbocycles. The molecule has 0 radical (unpaired) electrons. The first kappa shape index (κ1) is 18.2. The van der Waals surface area contributed by atoms with Gasteiger partial charge >= 0.3 is 0 Å². The van der Waals surface area contributed by atoms with Crippen LogP contribution in [0.2, 0.25) is 0 Å². The molecule has 24 heavy (non-hydrogen) atoms. The van der Waals surface area contributed by atoms with Gasteiger partial charge in [-0.3, -0.25) is 9.59 Å². The van der Waals surface area contributed by atoms with E-state index in [9.17, 15) is 18.0 Å². The number of alkyl halides is 1. The Balaban J connectivity index is 2.40. The Labute approximate surface area is 145 Å². The average molecular weight is 366 g/mol. The second-order valence-electron chi connectivity index (χ2n) is 5.21. The number of rotatable bonds is 7. The second-order valence-corrected chi connectivity index (χ2v) is 7.61. The minimum atomic E-state index is -3.94. The van der Waals surface area contributed by atoms with Crippen molar-refractivity contribution < 1.29 is 18.0 Å². The fraction of sp³-hybridized carbons (Fsp3) is 0.176. The molecule has 1 atom stereocenters. The lowest BCUT2D eigenvalue weighted by Gasteiger charge is -2.16. The third-order valence-corrected chi connectivity index (χ3v) is 5.97. The molecule has 0 saturated carbocycles. The van der Waals surface area contributed by atoms with Gasteiger partial charge in [-0.1, -0.05) is 30.3 Å². The van der Waals surface area contributed by atoms with Gasteiger partial charge in [-0.2, -0.15) is 0 Å². The van der Waals surface area contributed by atoms with Gasteiger partial charge in [0, 0.05) is 5.56 Å². The SMILES string of the molecule is NC(=O)c1ccc(S(=O)(=O)C(Cc2ccccc2)C(=O)CCl)cc1. The van der Waals surface area contributed by atoms with Crippen molar-refractivity contribution in [2.45, 2.75) is 16.6 Å². The molecule has 5 nitrogen and oxygen atoms in total. The number of carbonyl (C=O) groups is 2. The zero-order valence-electron chi connectivity index (χ0n) is 12.7. The predicted molar refractivity (Wildman–Crippen MR) is 91.8 cm³/mol. The molecule has 0 aliphatic rings. The maximum absolute atomic E-state index is 12.8. The molecule has 0 spiro atoms. The lowest BCUT2D eigenvalue weighted by molar-refractivity contribution is -0.116. The normalized spacial score (nSPS) is 12.5. The zero-order valence-corrected chi connectivity index (χ0v) is 14.3. The average Bonchev–Trinajstić information content (AvgIpc) is 2.59. The van der Waals surface area contributed by atoms with Crippen molar-refractivity contribution in [1.82, 2.24) is 0 Å². The summed E-state index contributed by atoms with van der Waals surface area (Å²) in [5, 5.41) is -1.28. The molecule has 2 rings (SSSR count).